The van der Waals surface area contributed by atoms with Crippen LogP contribution < -0.4 is 0 Å². The smallest absolute Gasteiger partial charge is 0.417 e. The van der Waals surface area contributed by atoms with Gasteiger partial charge in [0.1, 0.15) is 12.6 Å². The number of esters is 1. The minimum atomic E-state index is -0.900. The lowest BCUT2D eigenvalue weighted by atomic mass is 9.98. The van der Waals surface area contributed by atoms with Gasteiger partial charge in [0, 0.05) is 12.3 Å². The highest BCUT2D eigenvalue weighted by Gasteiger charge is 2.42. The standard InChI is InChI=1S/C22H21NO5/c1-2-27-21(25)19-11-12-20(24)23(19)22(26)28-13-18-16-9-5-3-7-14(16)15-8-4-6-10-17(15)18/h3-10,18-19H,2,11-13H2,1H3. The number of ether oxygens (including phenoxy) is 2. The first-order valence-corrected chi connectivity index (χ1v) is 9.45. The maximum Gasteiger partial charge on any atom is 0.417 e. The Morgan fingerprint density at radius 1 is 1.00 bits per heavy atom. The van der Waals surface area contributed by atoms with Crippen LogP contribution in [0.3, 0.4) is 0 Å². The van der Waals surface area contributed by atoms with Crippen molar-refractivity contribution in [1.82, 2.24) is 4.90 Å². The van der Waals surface area contributed by atoms with Crippen LogP contribution in [-0.4, -0.2) is 42.1 Å². The monoisotopic (exact) mass is 379 g/mol. The van der Waals surface area contributed by atoms with Gasteiger partial charge in [-0.25, -0.2) is 14.5 Å². The number of hydrogen-bond acceptors (Lipinski definition) is 5. The molecule has 1 aliphatic carbocycles. The third-order valence-corrected chi connectivity index (χ3v) is 5.30. The van der Waals surface area contributed by atoms with Crippen LogP contribution in [0.25, 0.3) is 11.1 Å². The molecule has 4 rings (SSSR count). The lowest BCUT2D eigenvalue weighted by Crippen LogP contribution is -2.44. The molecule has 6 nitrogen and oxygen atoms in total. The van der Waals surface area contributed by atoms with Crippen molar-refractivity contribution >= 4 is 18.0 Å². The number of nitrogens with zero attached hydrogens (tertiary/aromatic N) is 1. The zero-order valence-corrected chi connectivity index (χ0v) is 15.6. The second-order valence-corrected chi connectivity index (χ2v) is 6.87. The second-order valence-electron chi connectivity index (χ2n) is 6.87. The molecule has 1 aliphatic heterocycles. The van der Waals surface area contributed by atoms with Gasteiger partial charge in [0.25, 0.3) is 0 Å². The molecule has 0 aromatic heterocycles. The van der Waals surface area contributed by atoms with Crippen LogP contribution in [0.15, 0.2) is 48.5 Å². The van der Waals surface area contributed by atoms with E-state index in [0.29, 0.717) is 0 Å². The fraction of sp³-hybridized carbons (Fsp3) is 0.318. The summed E-state index contributed by atoms with van der Waals surface area (Å²) in [4.78, 5) is 37.8. The molecule has 2 aromatic carbocycles. The average molecular weight is 379 g/mol. The van der Waals surface area contributed by atoms with Crippen molar-refractivity contribution < 1.29 is 23.9 Å². The molecule has 2 aliphatic rings. The van der Waals surface area contributed by atoms with Crippen LogP contribution in [0.4, 0.5) is 4.79 Å². The topological polar surface area (TPSA) is 72.9 Å². The summed E-state index contributed by atoms with van der Waals surface area (Å²) < 4.78 is 10.5. The molecule has 0 spiro atoms. The molecular formula is C22H21NO5. The van der Waals surface area contributed by atoms with Crippen molar-refractivity contribution in [2.24, 2.45) is 0 Å². The largest absolute Gasteiger partial charge is 0.464 e. The summed E-state index contributed by atoms with van der Waals surface area (Å²) >= 11 is 0. The van der Waals surface area contributed by atoms with Crippen molar-refractivity contribution in [2.75, 3.05) is 13.2 Å². The molecule has 1 atom stereocenters. The zero-order valence-electron chi connectivity index (χ0n) is 15.6. The number of carbonyl (C=O) groups excluding carboxylic acids is 3. The molecule has 1 fully saturated rings. The van der Waals surface area contributed by atoms with E-state index in [1.807, 2.05) is 36.4 Å². The minimum absolute atomic E-state index is 0.102. The SMILES string of the molecule is CCOC(=O)C1CCC(=O)N1C(=O)OCC1c2ccccc2-c2ccccc21. The Balaban J connectivity index is 1.52. The highest BCUT2D eigenvalue weighted by Crippen LogP contribution is 2.44. The lowest BCUT2D eigenvalue weighted by molar-refractivity contribution is -0.150. The van der Waals surface area contributed by atoms with Gasteiger partial charge in [-0.05, 0) is 35.6 Å². The number of hydrogen-bond donors (Lipinski definition) is 0. The molecule has 28 heavy (non-hydrogen) atoms. The van der Waals surface area contributed by atoms with E-state index < -0.39 is 24.0 Å². The summed E-state index contributed by atoms with van der Waals surface area (Å²) in [7, 11) is 0. The number of rotatable bonds is 4. The predicted molar refractivity (Wildman–Crippen MR) is 102 cm³/mol. The Labute approximate surface area is 163 Å². The van der Waals surface area contributed by atoms with E-state index >= 15 is 0 Å². The van der Waals surface area contributed by atoms with Gasteiger partial charge < -0.3 is 9.47 Å². The molecular weight excluding hydrogens is 358 g/mol. The van der Waals surface area contributed by atoms with E-state index in [0.717, 1.165) is 27.2 Å². The third-order valence-electron chi connectivity index (χ3n) is 5.30. The van der Waals surface area contributed by atoms with Crippen molar-refractivity contribution in [3.05, 3.63) is 59.7 Å². The summed E-state index contributed by atoms with van der Waals surface area (Å²) in [5.74, 6) is -1.08. The maximum absolute atomic E-state index is 12.6. The zero-order chi connectivity index (χ0) is 19.7. The Morgan fingerprint density at radius 2 is 1.61 bits per heavy atom. The van der Waals surface area contributed by atoms with Gasteiger partial charge in [0.2, 0.25) is 5.91 Å². The molecule has 1 saturated heterocycles. The van der Waals surface area contributed by atoms with Gasteiger partial charge in [-0.2, -0.15) is 0 Å². The molecule has 0 bridgehead atoms. The molecule has 0 radical (unpaired) electrons. The molecule has 6 heteroatoms. The van der Waals surface area contributed by atoms with E-state index in [9.17, 15) is 14.4 Å². The van der Waals surface area contributed by atoms with E-state index in [2.05, 4.69) is 12.1 Å². The van der Waals surface area contributed by atoms with E-state index in [1.54, 1.807) is 6.92 Å². The average Bonchev–Trinajstić information content (AvgIpc) is 3.25. The minimum Gasteiger partial charge on any atom is -0.464 e. The van der Waals surface area contributed by atoms with Crippen molar-refractivity contribution in [3.8, 4) is 11.1 Å². The summed E-state index contributed by atoms with van der Waals surface area (Å²) in [6.45, 7) is 1.99. The highest BCUT2D eigenvalue weighted by atomic mass is 16.6. The summed E-state index contributed by atoms with van der Waals surface area (Å²) in [5.41, 5.74) is 4.43. The third kappa shape index (κ3) is 3.05. The Hall–Kier alpha value is -3.15. The Kier molecular flexibility index (Phi) is 4.86. The van der Waals surface area contributed by atoms with Crippen molar-refractivity contribution in [1.29, 1.82) is 0 Å². The molecule has 1 unspecified atom stereocenters. The number of imide groups is 1. The van der Waals surface area contributed by atoms with Crippen molar-refractivity contribution in [2.45, 2.75) is 31.7 Å². The van der Waals surface area contributed by atoms with Crippen LogP contribution in [0.2, 0.25) is 0 Å². The molecule has 1 heterocycles. The normalized spacial score (nSPS) is 18.0. The van der Waals surface area contributed by atoms with Crippen LogP contribution >= 0.6 is 0 Å². The predicted octanol–water partition coefficient (Wildman–Crippen LogP) is 3.49. The van der Waals surface area contributed by atoms with E-state index in [4.69, 9.17) is 9.47 Å². The molecule has 2 aromatic rings. The van der Waals surface area contributed by atoms with Gasteiger partial charge in [-0.15, -0.1) is 0 Å². The fourth-order valence-corrected chi connectivity index (χ4v) is 4.04. The summed E-state index contributed by atoms with van der Waals surface area (Å²) in [6, 6.07) is 15.1. The number of likely N-dealkylation sites (tertiary alicyclic amines) is 1. The lowest BCUT2D eigenvalue weighted by Gasteiger charge is -2.22. The fourth-order valence-electron chi connectivity index (χ4n) is 4.04. The van der Waals surface area contributed by atoms with E-state index in [1.165, 1.54) is 0 Å². The highest BCUT2D eigenvalue weighted by molar-refractivity contribution is 5.99. The van der Waals surface area contributed by atoms with Gasteiger partial charge in [0.15, 0.2) is 0 Å². The van der Waals surface area contributed by atoms with Gasteiger partial charge >= 0.3 is 12.1 Å². The summed E-state index contributed by atoms with van der Waals surface area (Å²) in [6.07, 6.45) is -0.391. The van der Waals surface area contributed by atoms with Crippen LogP contribution in [0.1, 0.15) is 36.8 Å². The Morgan fingerprint density at radius 3 is 2.21 bits per heavy atom. The second kappa shape index (κ2) is 7.46. The molecule has 144 valence electrons. The summed E-state index contributed by atoms with van der Waals surface area (Å²) in [5, 5.41) is 0. The van der Waals surface area contributed by atoms with Crippen molar-refractivity contribution in [3.63, 3.8) is 0 Å². The number of fused-ring (bicyclic) bond motifs is 3. The van der Waals surface area contributed by atoms with E-state index in [-0.39, 0.29) is 32.0 Å². The van der Waals surface area contributed by atoms with Gasteiger partial charge in [0.05, 0.1) is 6.61 Å². The van der Waals surface area contributed by atoms with Crippen LogP contribution in [0, 0.1) is 0 Å². The molecule has 2 amide bonds. The number of amides is 2. The van der Waals surface area contributed by atoms with Gasteiger partial charge in [-0.3, -0.25) is 4.79 Å². The number of benzene rings is 2. The molecule has 0 N–H and O–H groups in total. The Bertz CT molecular complexity index is 893. The maximum atomic E-state index is 12.6. The number of carbonyl (C=O) groups is 3. The first-order valence-electron chi connectivity index (χ1n) is 9.45. The van der Waals surface area contributed by atoms with Crippen LogP contribution in [-0.2, 0) is 19.1 Å². The van der Waals surface area contributed by atoms with Crippen LogP contribution in [0.5, 0.6) is 0 Å². The quantitative estimate of drug-likeness (QED) is 0.761. The van der Waals surface area contributed by atoms with Gasteiger partial charge in [-0.1, -0.05) is 48.5 Å². The first-order chi connectivity index (χ1) is 13.6. The first kappa shape index (κ1) is 18.2. The molecule has 0 saturated carbocycles.